The molecule has 2 rings (SSSR count). The average molecular weight is 586 g/mol. The van der Waals surface area contributed by atoms with Gasteiger partial charge in [0.15, 0.2) is 0 Å². The number of esters is 1. The van der Waals surface area contributed by atoms with Crippen molar-refractivity contribution in [1.82, 2.24) is 9.62 Å². The van der Waals surface area contributed by atoms with Gasteiger partial charge in [0.1, 0.15) is 12.5 Å². The number of nitrogens with zero attached hydrogens (tertiary/aromatic N) is 1. The second kappa shape index (κ2) is 13.6. The van der Waals surface area contributed by atoms with Crippen LogP contribution in [-0.2, 0) is 44.5 Å². The predicted octanol–water partition coefficient (Wildman–Crippen LogP) is 1.61. The topological polar surface area (TPSA) is 138 Å². The quantitative estimate of drug-likeness (QED) is 0.187. The molecule has 16 heteroatoms. The smallest absolute Gasteiger partial charge is 0.497 e. The van der Waals surface area contributed by atoms with Crippen molar-refractivity contribution in [3.05, 3.63) is 47.5 Å². The zero-order valence-corrected chi connectivity index (χ0v) is 22.4. The Morgan fingerprint density at radius 1 is 1.19 bits per heavy atom. The van der Waals surface area contributed by atoms with E-state index < -0.39 is 51.7 Å². The SMILES string of the molecule is COC(=O)c1ccc(CC/C=C/C(NS(=O)(=O)OCC(Cl)(Cl)Cl)B2OC(=O)CN(C)CC(=O)O2)cc1. The first-order valence-corrected chi connectivity index (χ1v) is 13.0. The van der Waals surface area contributed by atoms with E-state index in [-0.39, 0.29) is 13.1 Å². The molecular formula is C20H24BCl3N2O9S. The number of methoxy groups -OCH3 is 1. The van der Waals surface area contributed by atoms with Gasteiger partial charge in [-0.15, -0.1) is 0 Å². The van der Waals surface area contributed by atoms with Crippen LogP contribution in [0.4, 0.5) is 0 Å². The van der Waals surface area contributed by atoms with E-state index in [4.69, 9.17) is 44.1 Å². The van der Waals surface area contributed by atoms with Gasteiger partial charge in [-0.3, -0.25) is 18.7 Å². The van der Waals surface area contributed by atoms with Gasteiger partial charge in [-0.1, -0.05) is 59.1 Å². The van der Waals surface area contributed by atoms with Crippen LogP contribution in [0.3, 0.4) is 0 Å². The highest BCUT2D eigenvalue weighted by atomic mass is 35.6. The lowest BCUT2D eigenvalue weighted by Crippen LogP contribution is -2.53. The molecule has 1 fully saturated rings. The number of alkyl halides is 3. The second-order valence-corrected chi connectivity index (χ2v) is 11.5. The van der Waals surface area contributed by atoms with Gasteiger partial charge in [0.25, 0.3) is 0 Å². The first kappa shape index (κ1) is 30.4. The van der Waals surface area contributed by atoms with E-state index in [1.807, 2.05) is 0 Å². The van der Waals surface area contributed by atoms with E-state index >= 15 is 0 Å². The number of carbonyl (C=O) groups excluding carboxylic acids is 3. The van der Waals surface area contributed by atoms with Crippen molar-refractivity contribution in [2.45, 2.75) is 22.6 Å². The molecule has 1 N–H and O–H groups in total. The van der Waals surface area contributed by atoms with Gasteiger partial charge in [0.05, 0.1) is 25.8 Å². The van der Waals surface area contributed by atoms with Gasteiger partial charge < -0.3 is 14.0 Å². The zero-order valence-electron chi connectivity index (χ0n) is 19.3. The first-order valence-electron chi connectivity index (χ1n) is 10.4. The molecule has 1 aromatic rings. The Labute approximate surface area is 224 Å². The van der Waals surface area contributed by atoms with Gasteiger partial charge in [0.2, 0.25) is 3.79 Å². The molecule has 1 heterocycles. The number of aryl methyl sites for hydroxylation is 1. The minimum atomic E-state index is -4.53. The molecule has 1 aliphatic heterocycles. The van der Waals surface area contributed by atoms with Crippen LogP contribution in [0.25, 0.3) is 0 Å². The lowest BCUT2D eigenvalue weighted by Gasteiger charge is -2.26. The number of halogens is 3. The molecule has 0 saturated carbocycles. The number of ether oxygens (including phenoxy) is 1. The third-order valence-corrected chi connectivity index (χ3v) is 5.88. The van der Waals surface area contributed by atoms with Crippen LogP contribution in [0, 0.1) is 0 Å². The van der Waals surface area contributed by atoms with Crippen LogP contribution < -0.4 is 4.72 Å². The predicted molar refractivity (Wildman–Crippen MR) is 133 cm³/mol. The lowest BCUT2D eigenvalue weighted by atomic mass is 9.78. The highest BCUT2D eigenvalue weighted by Crippen LogP contribution is 2.26. The fourth-order valence-electron chi connectivity index (χ4n) is 2.95. The maximum atomic E-state index is 12.4. The van der Waals surface area contributed by atoms with Crippen molar-refractivity contribution in [3.63, 3.8) is 0 Å². The largest absolute Gasteiger partial charge is 0.622 e. The van der Waals surface area contributed by atoms with E-state index in [2.05, 4.69) is 13.6 Å². The number of allylic oxidation sites excluding steroid dienone is 1. The number of carbonyl (C=O) groups is 3. The van der Waals surface area contributed by atoms with Crippen molar-refractivity contribution >= 4 is 70.1 Å². The number of likely N-dealkylation sites (N-methyl/N-ethyl adjacent to an activating group) is 1. The molecule has 0 radical (unpaired) electrons. The third-order valence-electron chi connectivity index (χ3n) is 4.56. The van der Waals surface area contributed by atoms with Crippen LogP contribution in [-0.4, -0.2) is 81.9 Å². The van der Waals surface area contributed by atoms with E-state index in [0.29, 0.717) is 18.4 Å². The van der Waals surface area contributed by atoms with Gasteiger partial charge in [-0.2, -0.15) is 13.1 Å². The summed E-state index contributed by atoms with van der Waals surface area (Å²) in [6, 6.07) is 6.74. The highest BCUT2D eigenvalue weighted by molar-refractivity contribution is 7.84. The summed E-state index contributed by atoms with van der Waals surface area (Å²) < 4.78 is 44.6. The number of hydrogen-bond donors (Lipinski definition) is 1. The standard InChI is InChI=1S/C20H24BCl3N2O9S/c1-26-11-17(27)34-21(35-18(28)12-26)16(25-36(30,31)33-13-20(22,23)24)6-4-3-5-14-7-9-15(10-8-14)19(29)32-2/h4,6-10,16,25H,3,5,11-13H2,1-2H3/b6-4+. The Kier molecular flexibility index (Phi) is 11.5. The molecule has 0 bridgehead atoms. The number of rotatable bonds is 10. The van der Waals surface area contributed by atoms with Crippen LogP contribution in [0.1, 0.15) is 22.3 Å². The Bertz CT molecular complexity index is 1050. The summed E-state index contributed by atoms with van der Waals surface area (Å²) in [5.74, 6) is -3.27. The summed E-state index contributed by atoms with van der Waals surface area (Å²) >= 11 is 16.6. The van der Waals surface area contributed by atoms with E-state index in [1.165, 1.54) is 25.1 Å². The molecule has 1 aromatic carbocycles. The fraction of sp³-hybridized carbons (Fsp3) is 0.450. The fourth-order valence-corrected chi connectivity index (χ4v) is 4.23. The molecule has 0 aliphatic carbocycles. The summed E-state index contributed by atoms with van der Waals surface area (Å²) in [7, 11) is -3.33. The average Bonchev–Trinajstić information content (AvgIpc) is 2.77. The van der Waals surface area contributed by atoms with Gasteiger partial charge in [-0.05, 0) is 37.6 Å². The van der Waals surface area contributed by atoms with Crippen molar-refractivity contribution in [2.24, 2.45) is 0 Å². The molecule has 0 spiro atoms. The third kappa shape index (κ3) is 11.0. The molecule has 1 unspecified atom stereocenters. The molecule has 1 aliphatic rings. The summed E-state index contributed by atoms with van der Waals surface area (Å²) in [6.07, 6.45) is 3.90. The number of benzene rings is 1. The van der Waals surface area contributed by atoms with E-state index in [1.54, 1.807) is 30.3 Å². The molecule has 1 saturated heterocycles. The van der Waals surface area contributed by atoms with Crippen LogP contribution in [0.2, 0.25) is 0 Å². The van der Waals surface area contributed by atoms with Crippen LogP contribution in [0.5, 0.6) is 0 Å². The van der Waals surface area contributed by atoms with Gasteiger partial charge in [0, 0.05) is 0 Å². The molecule has 0 amide bonds. The summed E-state index contributed by atoms with van der Waals surface area (Å²) in [5.41, 5.74) is 1.29. The Morgan fingerprint density at radius 3 is 2.31 bits per heavy atom. The molecule has 198 valence electrons. The number of hydrogen-bond acceptors (Lipinski definition) is 10. The maximum Gasteiger partial charge on any atom is 0.622 e. The monoisotopic (exact) mass is 584 g/mol. The molecule has 1 atom stereocenters. The van der Waals surface area contributed by atoms with Gasteiger partial charge in [-0.25, -0.2) is 4.79 Å². The van der Waals surface area contributed by atoms with Crippen molar-refractivity contribution in [3.8, 4) is 0 Å². The van der Waals surface area contributed by atoms with Crippen molar-refractivity contribution in [2.75, 3.05) is 33.9 Å². The van der Waals surface area contributed by atoms with Crippen LogP contribution in [0.15, 0.2) is 36.4 Å². The molecule has 36 heavy (non-hydrogen) atoms. The Hall–Kier alpha value is -1.87. The summed E-state index contributed by atoms with van der Waals surface area (Å²) in [6.45, 7) is -1.21. The van der Waals surface area contributed by atoms with Gasteiger partial charge >= 0.3 is 35.3 Å². The molecule has 11 nitrogen and oxygen atoms in total. The highest BCUT2D eigenvalue weighted by Gasteiger charge is 2.41. The minimum Gasteiger partial charge on any atom is -0.497 e. The Morgan fingerprint density at radius 2 is 1.78 bits per heavy atom. The summed E-state index contributed by atoms with van der Waals surface area (Å²) in [5, 5.41) is 0. The second-order valence-electron chi connectivity index (χ2n) is 7.65. The lowest BCUT2D eigenvalue weighted by molar-refractivity contribution is -0.145. The van der Waals surface area contributed by atoms with E-state index in [0.717, 1.165) is 5.56 Å². The van der Waals surface area contributed by atoms with E-state index in [9.17, 15) is 22.8 Å². The molecule has 0 aromatic heterocycles. The summed E-state index contributed by atoms with van der Waals surface area (Å²) in [4.78, 5) is 37.2. The maximum absolute atomic E-state index is 12.4. The zero-order chi connectivity index (χ0) is 26.9. The minimum absolute atomic E-state index is 0.208. The first-order chi connectivity index (χ1) is 16.8. The van der Waals surface area contributed by atoms with Crippen LogP contribution >= 0.6 is 34.8 Å². The normalized spacial score (nSPS) is 16.8. The molecular weight excluding hydrogens is 561 g/mol. The van der Waals surface area contributed by atoms with Crippen molar-refractivity contribution < 1.29 is 41.0 Å². The number of nitrogens with one attached hydrogen (secondary N) is 1. The van der Waals surface area contributed by atoms with Crippen molar-refractivity contribution in [1.29, 1.82) is 0 Å². The Balaban J connectivity index is 2.15.